The van der Waals surface area contributed by atoms with Crippen LogP contribution in [0.15, 0.2) is 18.2 Å². The lowest BCUT2D eigenvalue weighted by Crippen LogP contribution is -2.08. The van der Waals surface area contributed by atoms with Crippen molar-refractivity contribution in [1.82, 2.24) is 9.59 Å². The summed E-state index contributed by atoms with van der Waals surface area (Å²) in [6.07, 6.45) is 0. The Morgan fingerprint density at radius 3 is 2.76 bits per heavy atom. The Morgan fingerprint density at radius 1 is 1.41 bits per heavy atom. The Labute approximate surface area is 111 Å². The summed E-state index contributed by atoms with van der Waals surface area (Å²) < 4.78 is 8.78. The van der Waals surface area contributed by atoms with E-state index in [-0.39, 0.29) is 10.8 Å². The minimum absolute atomic E-state index is 0.258. The van der Waals surface area contributed by atoms with Crippen LogP contribution in [0.4, 0.5) is 0 Å². The van der Waals surface area contributed by atoms with Crippen LogP contribution in [0.2, 0.25) is 10.0 Å². The lowest BCUT2D eigenvalue weighted by atomic mass is 10.3. The van der Waals surface area contributed by atoms with Gasteiger partial charge < -0.3 is 4.74 Å². The van der Waals surface area contributed by atoms with Crippen LogP contribution in [-0.4, -0.2) is 15.6 Å². The smallest absolute Gasteiger partial charge is 0.357 e. The zero-order valence-electron chi connectivity index (χ0n) is 8.61. The molecular weight excluding hydrogens is 283 g/mol. The second-order valence-electron chi connectivity index (χ2n) is 3.15. The number of hydrogen-bond donors (Lipinski definition) is 0. The number of nitrogens with zero attached hydrogens (tertiary/aromatic N) is 2. The normalized spacial score (nSPS) is 10.3. The average molecular weight is 289 g/mol. The van der Waals surface area contributed by atoms with Crippen LogP contribution >= 0.6 is 34.7 Å². The van der Waals surface area contributed by atoms with Crippen LogP contribution < -0.4 is 4.74 Å². The quantitative estimate of drug-likeness (QED) is 0.628. The minimum Gasteiger partial charge on any atom is -0.421 e. The van der Waals surface area contributed by atoms with Crippen LogP contribution in [0.25, 0.3) is 0 Å². The lowest BCUT2D eigenvalue weighted by molar-refractivity contribution is 0.0739. The Hall–Kier alpha value is -1.17. The number of halogens is 2. The van der Waals surface area contributed by atoms with Gasteiger partial charge in [0.1, 0.15) is 5.75 Å². The summed E-state index contributed by atoms with van der Waals surface area (Å²) in [5.41, 5.74) is 0.532. The maximum Gasteiger partial charge on any atom is 0.357 e. The molecule has 0 N–H and O–H groups in total. The highest BCUT2D eigenvalue weighted by atomic mass is 35.5. The number of rotatable bonds is 2. The molecule has 0 spiro atoms. The van der Waals surface area contributed by atoms with E-state index in [1.165, 1.54) is 12.1 Å². The van der Waals surface area contributed by atoms with E-state index in [9.17, 15) is 4.79 Å². The standard InChI is InChI=1S/C10H6Cl2N2O2S/c1-5-9(17-14-13-5)10(15)16-8-3-2-6(11)4-7(8)12/h2-4H,1H3. The predicted octanol–water partition coefficient (Wildman–Crippen LogP) is 3.37. The van der Waals surface area contributed by atoms with Gasteiger partial charge in [0.2, 0.25) is 0 Å². The molecule has 0 atom stereocenters. The van der Waals surface area contributed by atoms with E-state index in [0.717, 1.165) is 11.5 Å². The maximum atomic E-state index is 11.7. The summed E-state index contributed by atoms with van der Waals surface area (Å²) in [7, 11) is 0. The van der Waals surface area contributed by atoms with Crippen LogP contribution in [0.3, 0.4) is 0 Å². The molecule has 0 radical (unpaired) electrons. The van der Waals surface area contributed by atoms with Gasteiger partial charge in [-0.2, -0.15) is 0 Å². The molecule has 0 aliphatic rings. The highest BCUT2D eigenvalue weighted by Crippen LogP contribution is 2.28. The van der Waals surface area contributed by atoms with Gasteiger partial charge in [-0.25, -0.2) is 4.79 Å². The molecule has 2 aromatic rings. The van der Waals surface area contributed by atoms with E-state index >= 15 is 0 Å². The van der Waals surface area contributed by atoms with Crippen molar-refractivity contribution in [1.29, 1.82) is 0 Å². The van der Waals surface area contributed by atoms with Crippen LogP contribution in [0, 0.1) is 6.92 Å². The minimum atomic E-state index is -0.526. The third-order valence-electron chi connectivity index (χ3n) is 1.93. The molecule has 0 aliphatic heterocycles. The van der Waals surface area contributed by atoms with Gasteiger partial charge in [0.05, 0.1) is 10.7 Å². The zero-order valence-corrected chi connectivity index (χ0v) is 10.9. The molecule has 1 aromatic heterocycles. The first-order chi connectivity index (χ1) is 8.08. The summed E-state index contributed by atoms with van der Waals surface area (Å²) in [6, 6.07) is 4.63. The summed E-state index contributed by atoms with van der Waals surface area (Å²) in [4.78, 5) is 12.1. The van der Waals surface area contributed by atoms with Gasteiger partial charge in [-0.05, 0) is 36.7 Å². The van der Waals surface area contributed by atoms with Gasteiger partial charge in [-0.15, -0.1) is 5.10 Å². The molecule has 0 fully saturated rings. The monoisotopic (exact) mass is 288 g/mol. The molecule has 0 aliphatic carbocycles. The first-order valence-electron chi connectivity index (χ1n) is 4.54. The molecule has 0 saturated heterocycles. The third kappa shape index (κ3) is 2.74. The van der Waals surface area contributed by atoms with E-state index in [1.807, 2.05) is 0 Å². The summed E-state index contributed by atoms with van der Waals surface area (Å²) >= 11 is 12.6. The van der Waals surface area contributed by atoms with Gasteiger partial charge >= 0.3 is 5.97 Å². The molecule has 1 heterocycles. The molecule has 0 amide bonds. The first kappa shape index (κ1) is 12.3. The van der Waals surface area contributed by atoms with Gasteiger partial charge in [0.15, 0.2) is 4.88 Å². The van der Waals surface area contributed by atoms with E-state index in [4.69, 9.17) is 27.9 Å². The molecule has 0 unspecified atom stereocenters. The van der Waals surface area contributed by atoms with Gasteiger partial charge in [-0.3, -0.25) is 0 Å². The Balaban J connectivity index is 2.22. The number of aromatic nitrogens is 2. The van der Waals surface area contributed by atoms with Crippen molar-refractivity contribution < 1.29 is 9.53 Å². The molecule has 4 nitrogen and oxygen atoms in total. The van der Waals surface area contributed by atoms with Gasteiger partial charge in [0.25, 0.3) is 0 Å². The van der Waals surface area contributed by atoms with Crippen molar-refractivity contribution in [3.8, 4) is 5.75 Å². The number of ether oxygens (including phenoxy) is 1. The topological polar surface area (TPSA) is 52.1 Å². The van der Waals surface area contributed by atoms with Crippen LogP contribution in [-0.2, 0) is 0 Å². The Morgan fingerprint density at radius 2 is 2.18 bits per heavy atom. The van der Waals surface area contributed by atoms with Crippen molar-refractivity contribution >= 4 is 40.7 Å². The second-order valence-corrected chi connectivity index (χ2v) is 4.75. The van der Waals surface area contributed by atoms with E-state index in [0.29, 0.717) is 15.6 Å². The fraction of sp³-hybridized carbons (Fsp3) is 0.100. The van der Waals surface area contributed by atoms with E-state index < -0.39 is 5.97 Å². The molecule has 17 heavy (non-hydrogen) atoms. The molecule has 7 heteroatoms. The predicted molar refractivity (Wildman–Crippen MR) is 66.1 cm³/mol. The fourth-order valence-corrected chi connectivity index (χ4v) is 2.10. The highest BCUT2D eigenvalue weighted by molar-refractivity contribution is 7.07. The molecular formula is C10H6Cl2N2O2S. The summed E-state index contributed by atoms with van der Waals surface area (Å²) in [5.74, 6) is -0.268. The Kier molecular flexibility index (Phi) is 3.61. The Bertz CT molecular complexity index is 571. The van der Waals surface area contributed by atoms with Crippen molar-refractivity contribution in [2.45, 2.75) is 6.92 Å². The number of aryl methyl sites for hydroxylation is 1. The van der Waals surface area contributed by atoms with E-state index in [1.54, 1.807) is 13.0 Å². The first-order valence-corrected chi connectivity index (χ1v) is 6.07. The molecule has 0 bridgehead atoms. The molecule has 88 valence electrons. The van der Waals surface area contributed by atoms with Gasteiger partial charge in [0, 0.05) is 5.02 Å². The fourth-order valence-electron chi connectivity index (χ4n) is 1.12. The highest BCUT2D eigenvalue weighted by Gasteiger charge is 2.16. The average Bonchev–Trinajstić information content (AvgIpc) is 2.68. The largest absolute Gasteiger partial charge is 0.421 e. The lowest BCUT2D eigenvalue weighted by Gasteiger charge is -2.04. The van der Waals surface area contributed by atoms with Crippen molar-refractivity contribution in [3.05, 3.63) is 38.8 Å². The van der Waals surface area contributed by atoms with E-state index in [2.05, 4.69) is 9.59 Å². The van der Waals surface area contributed by atoms with Gasteiger partial charge in [-0.1, -0.05) is 27.7 Å². The van der Waals surface area contributed by atoms with Crippen molar-refractivity contribution in [2.75, 3.05) is 0 Å². The number of esters is 1. The zero-order chi connectivity index (χ0) is 12.4. The number of carbonyl (C=O) groups is 1. The van der Waals surface area contributed by atoms with Crippen molar-refractivity contribution in [3.63, 3.8) is 0 Å². The second kappa shape index (κ2) is 5.00. The summed E-state index contributed by atoms with van der Waals surface area (Å²) in [6.45, 7) is 1.68. The molecule has 2 rings (SSSR count). The number of carbonyl (C=O) groups excluding carboxylic acids is 1. The van der Waals surface area contributed by atoms with Crippen LogP contribution in [0.1, 0.15) is 15.4 Å². The van der Waals surface area contributed by atoms with Crippen LogP contribution in [0.5, 0.6) is 5.75 Å². The van der Waals surface area contributed by atoms with Crippen molar-refractivity contribution in [2.24, 2.45) is 0 Å². The molecule has 1 aromatic carbocycles. The third-order valence-corrected chi connectivity index (χ3v) is 3.27. The maximum absolute atomic E-state index is 11.7. The molecule has 0 saturated carbocycles. The SMILES string of the molecule is Cc1nnsc1C(=O)Oc1ccc(Cl)cc1Cl. The number of benzene rings is 1. The number of hydrogen-bond acceptors (Lipinski definition) is 5. The summed E-state index contributed by atoms with van der Waals surface area (Å²) in [5, 5.41) is 4.49.